The van der Waals surface area contributed by atoms with Crippen LogP contribution in [0.3, 0.4) is 0 Å². The molecule has 0 aromatic heterocycles. The molecule has 188 valence electrons. The molecule has 35 heavy (non-hydrogen) atoms. The summed E-state index contributed by atoms with van der Waals surface area (Å²) in [5.41, 5.74) is -11.0. The molecule has 3 aromatic rings. The second-order valence-electron chi connectivity index (χ2n) is 6.63. The predicted octanol–water partition coefficient (Wildman–Crippen LogP) is 5.61. The van der Waals surface area contributed by atoms with E-state index in [4.69, 9.17) is 0 Å². The Balaban J connectivity index is 2.08. The highest BCUT2D eigenvalue weighted by atomic mass is 32.2. The van der Waals surface area contributed by atoms with E-state index in [0.29, 0.717) is 5.69 Å². The number of halogens is 6. The zero-order chi connectivity index (χ0) is 26.1. The number of para-hydroxylation sites is 1. The number of alkyl halides is 6. The van der Waals surface area contributed by atoms with Gasteiger partial charge in [0.25, 0.3) is 0 Å². The summed E-state index contributed by atoms with van der Waals surface area (Å²) < 4.78 is 130. The summed E-state index contributed by atoms with van der Waals surface area (Å²) in [4.78, 5) is 1.29. The van der Waals surface area contributed by atoms with Crippen molar-refractivity contribution in [1.29, 1.82) is 0 Å². The third kappa shape index (κ3) is 5.97. The van der Waals surface area contributed by atoms with Crippen molar-refractivity contribution in [2.45, 2.75) is 11.0 Å². The van der Waals surface area contributed by atoms with Crippen LogP contribution in [0, 0.1) is 0 Å². The average molecular weight is 541 g/mol. The Morgan fingerprint density at radius 1 is 0.543 bits per heavy atom. The molecule has 0 saturated carbocycles. The molecule has 0 bridgehead atoms. The van der Waals surface area contributed by atoms with Gasteiger partial charge in [0.15, 0.2) is 0 Å². The Bertz CT molecular complexity index is 1320. The molecule has 7 nitrogen and oxygen atoms in total. The molecule has 3 rings (SSSR count). The van der Waals surface area contributed by atoms with Gasteiger partial charge in [0.05, 0.1) is 0 Å². The Labute approximate surface area is 195 Å². The van der Waals surface area contributed by atoms with E-state index in [1.807, 2.05) is 0 Å². The van der Waals surface area contributed by atoms with Crippen molar-refractivity contribution >= 4 is 37.3 Å². The van der Waals surface area contributed by atoms with Crippen molar-refractivity contribution in [1.82, 2.24) is 0 Å². The second-order valence-corrected chi connectivity index (χ2v) is 9.71. The highest BCUT2D eigenvalue weighted by molar-refractivity contribution is 7.88. The van der Waals surface area contributed by atoms with E-state index in [-0.39, 0.29) is 11.4 Å². The number of rotatable bonds is 7. The van der Waals surface area contributed by atoms with Crippen LogP contribution in [0.25, 0.3) is 0 Å². The first-order valence-electron chi connectivity index (χ1n) is 9.17. The van der Waals surface area contributed by atoms with E-state index in [1.165, 1.54) is 41.3 Å². The van der Waals surface area contributed by atoms with Crippen molar-refractivity contribution < 1.29 is 51.5 Å². The Morgan fingerprint density at radius 2 is 0.914 bits per heavy atom. The van der Waals surface area contributed by atoms with E-state index in [9.17, 15) is 43.2 Å². The molecule has 0 heterocycles. The Hall–Kier alpha value is -3.46. The molecule has 0 amide bonds. The molecule has 0 aliphatic heterocycles. The minimum absolute atomic E-state index is 0.0295. The van der Waals surface area contributed by atoms with E-state index in [1.54, 1.807) is 18.2 Å². The summed E-state index contributed by atoms with van der Waals surface area (Å²) in [5, 5.41) is 0. The molecule has 0 unspecified atom stereocenters. The van der Waals surface area contributed by atoms with Gasteiger partial charge in [-0.1, -0.05) is 30.3 Å². The average Bonchev–Trinajstić information content (AvgIpc) is 2.73. The lowest BCUT2D eigenvalue weighted by molar-refractivity contribution is -0.0504. The summed E-state index contributed by atoms with van der Waals surface area (Å²) >= 11 is 0. The van der Waals surface area contributed by atoms with E-state index >= 15 is 0 Å². The maximum Gasteiger partial charge on any atom is 0.534 e. The number of benzene rings is 3. The maximum absolute atomic E-state index is 12.7. The lowest BCUT2D eigenvalue weighted by atomic mass is 10.2. The quantitative estimate of drug-likeness (QED) is 0.218. The normalized spacial score (nSPS) is 12.7. The first kappa shape index (κ1) is 26.2. The molecular weight excluding hydrogens is 528 g/mol. The summed E-state index contributed by atoms with van der Waals surface area (Å²) in [7, 11) is -12.0. The zero-order valence-electron chi connectivity index (χ0n) is 17.0. The Morgan fingerprint density at radius 3 is 1.29 bits per heavy atom. The number of nitrogens with zero attached hydrogens (tertiary/aromatic N) is 1. The van der Waals surface area contributed by atoms with Crippen LogP contribution in [-0.4, -0.2) is 27.9 Å². The van der Waals surface area contributed by atoms with Gasteiger partial charge in [0.2, 0.25) is 0 Å². The molecule has 0 saturated heterocycles. The van der Waals surface area contributed by atoms with Crippen LogP contribution in [-0.2, 0) is 20.2 Å². The van der Waals surface area contributed by atoms with Crippen LogP contribution >= 0.6 is 0 Å². The molecular formula is C20H13F6NO6S2. The molecule has 0 atom stereocenters. The molecule has 3 aromatic carbocycles. The number of anilines is 3. The number of hydrogen-bond donors (Lipinski definition) is 0. The lowest BCUT2D eigenvalue weighted by Gasteiger charge is -2.26. The molecule has 0 radical (unpaired) electrons. The molecule has 0 spiro atoms. The van der Waals surface area contributed by atoms with Crippen molar-refractivity contribution in [3.8, 4) is 11.5 Å². The van der Waals surface area contributed by atoms with Crippen molar-refractivity contribution in [2.75, 3.05) is 4.90 Å². The topological polar surface area (TPSA) is 90.0 Å². The fourth-order valence-corrected chi connectivity index (χ4v) is 3.62. The van der Waals surface area contributed by atoms with Gasteiger partial charge in [-0.2, -0.15) is 43.2 Å². The largest absolute Gasteiger partial charge is 0.534 e. The second kappa shape index (κ2) is 9.30. The molecule has 15 heteroatoms. The summed E-state index contributed by atoms with van der Waals surface area (Å²) in [6.07, 6.45) is 0. The van der Waals surface area contributed by atoms with Crippen LogP contribution in [0.4, 0.5) is 43.4 Å². The molecule has 0 aliphatic carbocycles. The summed E-state index contributed by atoms with van der Waals surface area (Å²) in [6, 6.07) is 16.7. The van der Waals surface area contributed by atoms with Gasteiger partial charge in [-0.3, -0.25) is 0 Å². The van der Waals surface area contributed by atoms with Gasteiger partial charge in [-0.05, 0) is 36.4 Å². The smallest absolute Gasteiger partial charge is 0.376 e. The fourth-order valence-electron chi connectivity index (χ4n) is 2.72. The minimum Gasteiger partial charge on any atom is -0.376 e. The van der Waals surface area contributed by atoms with Gasteiger partial charge < -0.3 is 13.3 Å². The van der Waals surface area contributed by atoms with Crippen LogP contribution in [0.15, 0.2) is 78.9 Å². The first-order chi connectivity index (χ1) is 16.1. The van der Waals surface area contributed by atoms with Gasteiger partial charge in [0.1, 0.15) is 11.5 Å². The fraction of sp³-hybridized carbons (Fsp3) is 0.100. The van der Waals surface area contributed by atoms with Crippen LogP contribution in [0.5, 0.6) is 11.5 Å². The molecule has 0 N–H and O–H groups in total. The summed E-state index contributed by atoms with van der Waals surface area (Å²) in [6.45, 7) is 0. The van der Waals surface area contributed by atoms with Crippen LogP contribution < -0.4 is 13.3 Å². The van der Waals surface area contributed by atoms with E-state index < -0.39 is 42.8 Å². The van der Waals surface area contributed by atoms with E-state index in [0.717, 1.165) is 24.3 Å². The monoisotopic (exact) mass is 541 g/mol. The first-order valence-corrected chi connectivity index (χ1v) is 12.0. The molecule has 0 fully saturated rings. The van der Waals surface area contributed by atoms with Crippen molar-refractivity contribution in [3.05, 3.63) is 78.9 Å². The standard InChI is InChI=1S/C20H13F6NO6S2/c21-19(22,23)34(28,29)32-17-10-4-8-15(12-17)27(14-6-2-1-3-7-14)16-9-5-11-18(13-16)33-35(30,31)20(24,25)26/h1-13H. The Kier molecular flexibility index (Phi) is 6.95. The van der Waals surface area contributed by atoms with Gasteiger partial charge in [-0.15, -0.1) is 0 Å². The maximum atomic E-state index is 12.7. The SMILES string of the molecule is O=S(=O)(Oc1cccc(N(c2ccccc2)c2cccc(OS(=O)(=O)C(F)(F)F)c2)c1)C(F)(F)F. The van der Waals surface area contributed by atoms with E-state index in [2.05, 4.69) is 8.37 Å². The van der Waals surface area contributed by atoms with Crippen molar-refractivity contribution in [3.63, 3.8) is 0 Å². The lowest BCUT2D eigenvalue weighted by Crippen LogP contribution is -2.28. The van der Waals surface area contributed by atoms with Gasteiger partial charge in [0, 0.05) is 29.2 Å². The van der Waals surface area contributed by atoms with Gasteiger partial charge >= 0.3 is 31.3 Å². The third-order valence-electron chi connectivity index (χ3n) is 4.14. The molecule has 0 aliphatic rings. The van der Waals surface area contributed by atoms with Crippen LogP contribution in [0.2, 0.25) is 0 Å². The predicted molar refractivity (Wildman–Crippen MR) is 112 cm³/mol. The highest BCUT2D eigenvalue weighted by Gasteiger charge is 2.49. The van der Waals surface area contributed by atoms with Gasteiger partial charge in [-0.25, -0.2) is 0 Å². The number of hydrogen-bond acceptors (Lipinski definition) is 7. The van der Waals surface area contributed by atoms with Crippen molar-refractivity contribution in [2.24, 2.45) is 0 Å². The van der Waals surface area contributed by atoms with Crippen LogP contribution in [0.1, 0.15) is 0 Å². The third-order valence-corrected chi connectivity index (χ3v) is 6.10. The zero-order valence-corrected chi connectivity index (χ0v) is 18.6. The highest BCUT2D eigenvalue weighted by Crippen LogP contribution is 2.39. The summed E-state index contributed by atoms with van der Waals surface area (Å²) in [5.74, 6) is -1.40. The minimum atomic E-state index is -5.98.